The molecular weight excluding hydrogens is 238 g/mol. The number of aliphatic hydroxyl groups is 1. The molecule has 5 heteroatoms. The minimum Gasteiger partial charge on any atom is -0.394 e. The van der Waals surface area contributed by atoms with Crippen molar-refractivity contribution in [2.45, 2.75) is 51.1 Å². The Balaban J connectivity index is 2.25. The van der Waals surface area contributed by atoms with Crippen molar-refractivity contribution in [3.8, 4) is 0 Å². The molecule has 0 saturated heterocycles. The molecule has 96 valence electrons. The lowest BCUT2D eigenvalue weighted by molar-refractivity contribution is 0.126. The average Bonchev–Trinajstić information content (AvgIpc) is 2.57. The summed E-state index contributed by atoms with van der Waals surface area (Å²) < 4.78 is 1.98. The van der Waals surface area contributed by atoms with Crippen LogP contribution in [0.4, 0.5) is 0 Å². The molecule has 1 aromatic rings. The van der Waals surface area contributed by atoms with E-state index in [1.807, 2.05) is 18.5 Å². The molecule has 1 aliphatic carbocycles. The zero-order valence-corrected chi connectivity index (χ0v) is 11.2. The van der Waals surface area contributed by atoms with Crippen LogP contribution in [0.1, 0.15) is 43.1 Å². The molecule has 0 amide bonds. The maximum atomic E-state index is 9.36. The van der Waals surface area contributed by atoms with Crippen LogP contribution in [-0.4, -0.2) is 27.0 Å². The molecule has 17 heavy (non-hydrogen) atoms. The van der Waals surface area contributed by atoms with Gasteiger partial charge >= 0.3 is 0 Å². The Bertz CT molecular complexity index is 418. The lowest BCUT2D eigenvalue weighted by Gasteiger charge is -2.37. The topological polar surface area (TPSA) is 64.1 Å². The summed E-state index contributed by atoms with van der Waals surface area (Å²) in [6.07, 6.45) is 3.73. The first kappa shape index (κ1) is 12.9. The average molecular weight is 258 g/mol. The molecule has 0 aromatic carbocycles. The summed E-state index contributed by atoms with van der Waals surface area (Å²) in [5.41, 5.74) is 7.56. The highest BCUT2D eigenvalue weighted by Gasteiger charge is 2.34. The monoisotopic (exact) mass is 257 g/mol. The van der Waals surface area contributed by atoms with Crippen molar-refractivity contribution >= 4 is 11.6 Å². The van der Waals surface area contributed by atoms with E-state index in [1.165, 1.54) is 0 Å². The van der Waals surface area contributed by atoms with E-state index < -0.39 is 5.54 Å². The van der Waals surface area contributed by atoms with Crippen LogP contribution in [0.15, 0.2) is 0 Å². The van der Waals surface area contributed by atoms with Crippen molar-refractivity contribution in [1.82, 2.24) is 9.78 Å². The fourth-order valence-corrected chi connectivity index (χ4v) is 2.84. The van der Waals surface area contributed by atoms with Gasteiger partial charge in [0.15, 0.2) is 0 Å². The largest absolute Gasteiger partial charge is 0.394 e. The van der Waals surface area contributed by atoms with Gasteiger partial charge in [-0.1, -0.05) is 11.6 Å². The van der Waals surface area contributed by atoms with Gasteiger partial charge in [-0.05, 0) is 39.5 Å². The van der Waals surface area contributed by atoms with Gasteiger partial charge in [-0.3, -0.25) is 4.68 Å². The van der Waals surface area contributed by atoms with Crippen LogP contribution in [0.2, 0.25) is 5.02 Å². The fourth-order valence-electron chi connectivity index (χ4n) is 2.71. The summed E-state index contributed by atoms with van der Waals surface area (Å²) in [4.78, 5) is 0. The molecule has 1 aromatic heterocycles. The van der Waals surface area contributed by atoms with Gasteiger partial charge in [0, 0.05) is 5.54 Å². The highest BCUT2D eigenvalue weighted by Crippen LogP contribution is 2.35. The molecule has 0 bridgehead atoms. The minimum atomic E-state index is -0.457. The van der Waals surface area contributed by atoms with Gasteiger partial charge in [-0.2, -0.15) is 5.10 Å². The normalized spacial score (nSPS) is 29.6. The van der Waals surface area contributed by atoms with E-state index in [4.69, 9.17) is 17.3 Å². The third kappa shape index (κ3) is 2.34. The summed E-state index contributed by atoms with van der Waals surface area (Å²) in [6.45, 7) is 3.93. The Labute approximate surface area is 107 Å². The SMILES string of the molecule is Cc1nn(C2CCCC(N)(CO)C2)c(C)c1Cl. The minimum absolute atomic E-state index is 0.0382. The summed E-state index contributed by atoms with van der Waals surface area (Å²) in [5, 5.41) is 14.6. The predicted octanol–water partition coefficient (Wildman–Crippen LogP) is 1.96. The summed E-state index contributed by atoms with van der Waals surface area (Å²) >= 11 is 6.16. The Morgan fingerprint density at radius 1 is 1.59 bits per heavy atom. The first-order valence-corrected chi connectivity index (χ1v) is 6.45. The number of aromatic nitrogens is 2. The zero-order valence-electron chi connectivity index (χ0n) is 10.4. The second kappa shape index (κ2) is 4.59. The smallest absolute Gasteiger partial charge is 0.0844 e. The molecule has 0 aliphatic heterocycles. The number of hydrogen-bond donors (Lipinski definition) is 2. The van der Waals surface area contributed by atoms with Gasteiger partial charge < -0.3 is 10.8 Å². The van der Waals surface area contributed by atoms with E-state index in [1.54, 1.807) is 0 Å². The maximum absolute atomic E-state index is 9.36. The van der Waals surface area contributed by atoms with Crippen molar-refractivity contribution in [3.63, 3.8) is 0 Å². The van der Waals surface area contributed by atoms with Gasteiger partial charge in [-0.25, -0.2) is 0 Å². The third-order valence-corrected chi connectivity index (χ3v) is 4.30. The van der Waals surface area contributed by atoms with E-state index in [9.17, 15) is 5.11 Å². The van der Waals surface area contributed by atoms with E-state index in [-0.39, 0.29) is 12.6 Å². The van der Waals surface area contributed by atoms with Crippen LogP contribution in [-0.2, 0) is 0 Å². The van der Waals surface area contributed by atoms with Crippen molar-refractivity contribution in [2.75, 3.05) is 6.61 Å². The first-order chi connectivity index (χ1) is 7.97. The Morgan fingerprint density at radius 3 is 2.82 bits per heavy atom. The molecule has 0 spiro atoms. The number of hydrogen-bond acceptors (Lipinski definition) is 3. The molecule has 2 unspecified atom stereocenters. The predicted molar refractivity (Wildman–Crippen MR) is 68.2 cm³/mol. The Hall–Kier alpha value is -0.580. The van der Waals surface area contributed by atoms with Crippen LogP contribution in [0.25, 0.3) is 0 Å². The molecule has 1 fully saturated rings. The van der Waals surface area contributed by atoms with Crippen molar-refractivity contribution in [1.29, 1.82) is 0 Å². The van der Waals surface area contributed by atoms with Crippen LogP contribution in [0.3, 0.4) is 0 Å². The second-order valence-corrected chi connectivity index (χ2v) is 5.58. The summed E-state index contributed by atoms with van der Waals surface area (Å²) in [5.74, 6) is 0. The Kier molecular flexibility index (Phi) is 3.48. The molecular formula is C12H20ClN3O. The standard InChI is InChI=1S/C12H20ClN3O/c1-8-11(13)9(2)16(15-8)10-4-3-5-12(14,6-10)7-17/h10,17H,3-7,14H2,1-2H3. The van der Waals surface area contributed by atoms with Crippen molar-refractivity contribution in [3.05, 3.63) is 16.4 Å². The molecule has 1 heterocycles. The molecule has 0 radical (unpaired) electrons. The number of aliphatic hydroxyl groups excluding tert-OH is 1. The number of nitrogens with zero attached hydrogens (tertiary/aromatic N) is 2. The van der Waals surface area contributed by atoms with E-state index in [0.29, 0.717) is 0 Å². The highest BCUT2D eigenvalue weighted by molar-refractivity contribution is 6.31. The second-order valence-electron chi connectivity index (χ2n) is 5.20. The Morgan fingerprint density at radius 2 is 2.29 bits per heavy atom. The quantitative estimate of drug-likeness (QED) is 0.851. The number of rotatable bonds is 2. The maximum Gasteiger partial charge on any atom is 0.0844 e. The van der Waals surface area contributed by atoms with Crippen molar-refractivity contribution < 1.29 is 5.11 Å². The molecule has 4 nitrogen and oxygen atoms in total. The van der Waals surface area contributed by atoms with Gasteiger partial charge in [0.05, 0.1) is 29.1 Å². The lowest BCUT2D eigenvalue weighted by atomic mass is 9.80. The van der Waals surface area contributed by atoms with E-state index in [0.717, 1.165) is 42.1 Å². The third-order valence-electron chi connectivity index (χ3n) is 3.75. The van der Waals surface area contributed by atoms with Crippen LogP contribution in [0, 0.1) is 13.8 Å². The van der Waals surface area contributed by atoms with Gasteiger partial charge in [0.25, 0.3) is 0 Å². The van der Waals surface area contributed by atoms with Gasteiger partial charge in [-0.15, -0.1) is 0 Å². The molecule has 1 saturated carbocycles. The van der Waals surface area contributed by atoms with Crippen LogP contribution in [0.5, 0.6) is 0 Å². The molecule has 1 aliphatic rings. The first-order valence-electron chi connectivity index (χ1n) is 6.08. The zero-order chi connectivity index (χ0) is 12.6. The molecule has 2 rings (SSSR count). The van der Waals surface area contributed by atoms with E-state index in [2.05, 4.69) is 5.10 Å². The van der Waals surface area contributed by atoms with Gasteiger partial charge in [0.1, 0.15) is 0 Å². The van der Waals surface area contributed by atoms with Crippen LogP contribution >= 0.6 is 11.6 Å². The van der Waals surface area contributed by atoms with Crippen LogP contribution < -0.4 is 5.73 Å². The number of nitrogens with two attached hydrogens (primary N) is 1. The molecule has 3 N–H and O–H groups in total. The number of halogens is 1. The fraction of sp³-hybridized carbons (Fsp3) is 0.750. The van der Waals surface area contributed by atoms with E-state index >= 15 is 0 Å². The highest BCUT2D eigenvalue weighted by atomic mass is 35.5. The summed E-state index contributed by atoms with van der Waals surface area (Å²) in [6, 6.07) is 0.257. The summed E-state index contributed by atoms with van der Waals surface area (Å²) in [7, 11) is 0. The van der Waals surface area contributed by atoms with Gasteiger partial charge in [0.2, 0.25) is 0 Å². The van der Waals surface area contributed by atoms with Crippen molar-refractivity contribution in [2.24, 2.45) is 5.73 Å². The number of aryl methyl sites for hydroxylation is 1. The molecule has 2 atom stereocenters. The lowest BCUT2D eigenvalue weighted by Crippen LogP contribution is -2.48.